The number of morpholine rings is 1. The first-order valence-corrected chi connectivity index (χ1v) is 8.82. The van der Waals surface area contributed by atoms with E-state index in [9.17, 15) is 9.59 Å². The second-order valence-electron chi connectivity index (χ2n) is 6.02. The molecule has 3 rings (SSSR count). The lowest BCUT2D eigenvalue weighted by atomic mass is 10.2. The molecule has 25 heavy (non-hydrogen) atoms. The number of nitrogens with one attached hydrogen (secondary N) is 2. The topological polar surface area (TPSA) is 83.1 Å². The number of hydrazine groups is 1. The van der Waals surface area contributed by atoms with Crippen molar-refractivity contribution in [2.24, 2.45) is 0 Å². The van der Waals surface area contributed by atoms with Crippen LogP contribution in [0.25, 0.3) is 0 Å². The number of carbonyl (C=O) groups is 2. The van der Waals surface area contributed by atoms with Crippen molar-refractivity contribution in [3.63, 3.8) is 0 Å². The fourth-order valence-electron chi connectivity index (χ4n) is 2.93. The molecule has 2 heterocycles. The number of nitrogens with zero attached hydrogens (tertiary/aromatic N) is 2. The van der Waals surface area contributed by atoms with Crippen molar-refractivity contribution in [3.05, 3.63) is 18.2 Å². The van der Waals surface area contributed by atoms with E-state index in [0.29, 0.717) is 13.1 Å². The summed E-state index contributed by atoms with van der Waals surface area (Å²) in [6.07, 6.45) is -0.690. The standard InChI is InChI=1S/C16H23N4O4P/c1-11(21)18-17-9-13-10-20(16(22)24-13)12-2-3-14(15(25)8-12)19-4-6-23-7-5-19/h2-3,8,13,17H,4-7,9-10,25H2,1H3,(H,18,21)/t13-/m0/s1. The Balaban J connectivity index is 1.64. The van der Waals surface area contributed by atoms with Crippen LogP contribution >= 0.6 is 9.24 Å². The van der Waals surface area contributed by atoms with Gasteiger partial charge < -0.3 is 14.4 Å². The van der Waals surface area contributed by atoms with E-state index in [1.165, 1.54) is 6.92 Å². The van der Waals surface area contributed by atoms with Gasteiger partial charge in [0.25, 0.3) is 0 Å². The molecule has 2 atom stereocenters. The maximum atomic E-state index is 12.1. The van der Waals surface area contributed by atoms with E-state index in [1.54, 1.807) is 4.90 Å². The van der Waals surface area contributed by atoms with Crippen LogP contribution in [0.5, 0.6) is 0 Å². The van der Waals surface area contributed by atoms with Gasteiger partial charge in [-0.2, -0.15) is 0 Å². The molecule has 1 unspecified atom stereocenters. The van der Waals surface area contributed by atoms with Gasteiger partial charge in [0.1, 0.15) is 6.10 Å². The number of hydrogen-bond donors (Lipinski definition) is 2. The summed E-state index contributed by atoms with van der Waals surface area (Å²) >= 11 is 0. The predicted molar refractivity (Wildman–Crippen MR) is 98.3 cm³/mol. The highest BCUT2D eigenvalue weighted by molar-refractivity contribution is 7.28. The highest BCUT2D eigenvalue weighted by Gasteiger charge is 2.32. The highest BCUT2D eigenvalue weighted by Crippen LogP contribution is 2.25. The van der Waals surface area contributed by atoms with Crippen molar-refractivity contribution in [2.75, 3.05) is 49.2 Å². The Hall–Kier alpha value is -1.89. The molecule has 8 nitrogen and oxygen atoms in total. The van der Waals surface area contributed by atoms with Crippen LogP contribution in [0.4, 0.5) is 16.2 Å². The lowest BCUT2D eigenvalue weighted by Gasteiger charge is -2.30. The predicted octanol–water partition coefficient (Wildman–Crippen LogP) is -0.0105. The summed E-state index contributed by atoms with van der Waals surface area (Å²) in [5, 5.41) is 1.03. The van der Waals surface area contributed by atoms with Gasteiger partial charge >= 0.3 is 6.09 Å². The number of carbonyl (C=O) groups excluding carboxylic acids is 2. The minimum absolute atomic E-state index is 0.187. The summed E-state index contributed by atoms with van der Waals surface area (Å²) < 4.78 is 10.7. The molecular weight excluding hydrogens is 343 g/mol. The van der Waals surface area contributed by atoms with Crippen molar-refractivity contribution >= 4 is 37.9 Å². The molecule has 2 aliphatic rings. The Morgan fingerprint density at radius 3 is 2.80 bits per heavy atom. The fraction of sp³-hybridized carbons (Fsp3) is 0.500. The molecule has 1 aromatic carbocycles. The van der Waals surface area contributed by atoms with Crippen molar-refractivity contribution in [1.29, 1.82) is 0 Å². The van der Waals surface area contributed by atoms with E-state index in [1.807, 2.05) is 18.2 Å². The zero-order valence-corrected chi connectivity index (χ0v) is 15.3. The van der Waals surface area contributed by atoms with Crippen LogP contribution < -0.4 is 26.0 Å². The van der Waals surface area contributed by atoms with E-state index >= 15 is 0 Å². The molecule has 9 heteroatoms. The summed E-state index contributed by atoms with van der Waals surface area (Å²) in [5.41, 5.74) is 7.17. The third kappa shape index (κ3) is 4.39. The molecule has 0 bridgehead atoms. The molecule has 0 aromatic heterocycles. The third-order valence-electron chi connectivity index (χ3n) is 4.14. The van der Waals surface area contributed by atoms with E-state index in [-0.39, 0.29) is 18.1 Å². The summed E-state index contributed by atoms with van der Waals surface area (Å²) in [4.78, 5) is 26.9. The second-order valence-corrected chi connectivity index (χ2v) is 6.64. The first kappa shape index (κ1) is 17.9. The molecule has 0 saturated carbocycles. The Kier molecular flexibility index (Phi) is 5.73. The minimum Gasteiger partial charge on any atom is -0.442 e. The minimum atomic E-state index is -0.377. The zero-order chi connectivity index (χ0) is 17.8. The zero-order valence-electron chi connectivity index (χ0n) is 14.2. The molecule has 2 aliphatic heterocycles. The number of amides is 2. The van der Waals surface area contributed by atoms with Crippen LogP contribution in [0.15, 0.2) is 18.2 Å². The summed E-state index contributed by atoms with van der Waals surface area (Å²) in [6, 6.07) is 5.93. The third-order valence-corrected chi connectivity index (χ3v) is 4.61. The van der Waals surface area contributed by atoms with Crippen LogP contribution in [0.1, 0.15) is 6.92 Å². The maximum absolute atomic E-state index is 12.1. The van der Waals surface area contributed by atoms with E-state index in [2.05, 4.69) is 25.0 Å². The molecule has 2 saturated heterocycles. The average molecular weight is 366 g/mol. The van der Waals surface area contributed by atoms with Gasteiger partial charge in [-0.3, -0.25) is 15.1 Å². The first-order chi connectivity index (χ1) is 12.0. The first-order valence-electron chi connectivity index (χ1n) is 8.24. The van der Waals surface area contributed by atoms with Crippen molar-refractivity contribution in [3.8, 4) is 0 Å². The van der Waals surface area contributed by atoms with Crippen LogP contribution in [0, 0.1) is 0 Å². The molecule has 0 spiro atoms. The van der Waals surface area contributed by atoms with Crippen molar-refractivity contribution < 1.29 is 19.1 Å². The molecule has 2 fully saturated rings. The Bertz CT molecular complexity index is 651. The van der Waals surface area contributed by atoms with Gasteiger partial charge in [-0.1, -0.05) is 0 Å². The molecule has 0 radical (unpaired) electrons. The Morgan fingerprint density at radius 1 is 1.36 bits per heavy atom. The lowest BCUT2D eigenvalue weighted by Crippen LogP contribution is -2.41. The molecule has 136 valence electrons. The summed E-state index contributed by atoms with van der Waals surface area (Å²) in [5.74, 6) is -0.187. The smallest absolute Gasteiger partial charge is 0.414 e. The Labute approximate surface area is 149 Å². The van der Waals surface area contributed by atoms with E-state index in [0.717, 1.165) is 43.0 Å². The van der Waals surface area contributed by atoms with Crippen molar-refractivity contribution in [2.45, 2.75) is 13.0 Å². The van der Waals surface area contributed by atoms with Gasteiger partial charge in [0, 0.05) is 31.4 Å². The molecule has 2 amide bonds. The monoisotopic (exact) mass is 366 g/mol. The van der Waals surface area contributed by atoms with Crippen LogP contribution in [0.3, 0.4) is 0 Å². The number of rotatable bonds is 5. The number of cyclic esters (lactones) is 1. The van der Waals surface area contributed by atoms with Gasteiger partial charge in [-0.15, -0.1) is 9.24 Å². The van der Waals surface area contributed by atoms with Gasteiger partial charge in [0.15, 0.2) is 0 Å². The summed E-state index contributed by atoms with van der Waals surface area (Å²) in [6.45, 7) is 5.40. The largest absolute Gasteiger partial charge is 0.442 e. The van der Waals surface area contributed by atoms with Gasteiger partial charge in [0.2, 0.25) is 5.91 Å². The second kappa shape index (κ2) is 7.99. The number of ether oxygens (including phenoxy) is 2. The quantitative estimate of drug-likeness (QED) is 0.563. The highest BCUT2D eigenvalue weighted by atomic mass is 31.0. The normalized spacial score (nSPS) is 20.6. The number of benzene rings is 1. The van der Waals surface area contributed by atoms with Gasteiger partial charge in [0.05, 0.1) is 26.3 Å². The SMILES string of the molecule is CC(=O)NNC[C@H]1CN(c2ccc(N3CCOCC3)c(P)c2)C(=O)O1. The van der Waals surface area contributed by atoms with Crippen molar-refractivity contribution in [1.82, 2.24) is 10.9 Å². The molecular formula is C16H23N4O4P. The number of hydrogen-bond acceptors (Lipinski definition) is 6. The van der Waals surface area contributed by atoms with Crippen LogP contribution in [-0.4, -0.2) is 57.5 Å². The molecule has 2 N–H and O–H groups in total. The fourth-order valence-corrected chi connectivity index (χ4v) is 3.38. The molecule has 0 aliphatic carbocycles. The van der Waals surface area contributed by atoms with Crippen LogP contribution in [0.2, 0.25) is 0 Å². The van der Waals surface area contributed by atoms with E-state index in [4.69, 9.17) is 9.47 Å². The van der Waals surface area contributed by atoms with Gasteiger partial charge in [-0.25, -0.2) is 10.2 Å². The molecule has 1 aromatic rings. The summed E-state index contributed by atoms with van der Waals surface area (Å²) in [7, 11) is 2.74. The van der Waals surface area contributed by atoms with Crippen LogP contribution in [-0.2, 0) is 14.3 Å². The maximum Gasteiger partial charge on any atom is 0.414 e. The van der Waals surface area contributed by atoms with Gasteiger partial charge in [-0.05, 0) is 23.5 Å². The lowest BCUT2D eigenvalue weighted by molar-refractivity contribution is -0.120. The number of anilines is 2. The average Bonchev–Trinajstić information content (AvgIpc) is 2.96. The Morgan fingerprint density at radius 2 is 2.12 bits per heavy atom. The van der Waals surface area contributed by atoms with E-state index < -0.39 is 0 Å².